The van der Waals surface area contributed by atoms with Gasteiger partial charge in [0.05, 0.1) is 17.4 Å². The van der Waals surface area contributed by atoms with Gasteiger partial charge in [-0.25, -0.2) is 0 Å². The molecule has 0 aliphatic heterocycles. The third kappa shape index (κ3) is 3.39. The van der Waals surface area contributed by atoms with Crippen molar-refractivity contribution in [3.8, 4) is 0 Å². The molecule has 0 fully saturated rings. The zero-order chi connectivity index (χ0) is 16.2. The number of nitrogens with one attached hydrogen (secondary N) is 1. The van der Waals surface area contributed by atoms with Crippen LogP contribution in [0.15, 0.2) is 48.5 Å². The highest BCUT2D eigenvalue weighted by Crippen LogP contribution is 2.29. The van der Waals surface area contributed by atoms with E-state index in [0.717, 1.165) is 24.8 Å². The predicted octanol–water partition coefficient (Wildman–Crippen LogP) is 3.33. The number of hydrogen-bond donors (Lipinski definition) is 1. The average Bonchev–Trinajstić information content (AvgIpc) is 2.55. The number of para-hydroxylation sites is 1. The molecule has 1 unspecified atom stereocenters. The third-order valence-electron chi connectivity index (χ3n) is 4.24. The summed E-state index contributed by atoms with van der Waals surface area (Å²) in [5.41, 5.74) is 2.87. The first-order chi connectivity index (χ1) is 11.1. The van der Waals surface area contributed by atoms with E-state index in [2.05, 4.69) is 11.4 Å². The Balaban J connectivity index is 1.73. The highest BCUT2D eigenvalue weighted by atomic mass is 16.6. The lowest BCUT2D eigenvalue weighted by molar-refractivity contribution is -0.385. The van der Waals surface area contributed by atoms with E-state index < -0.39 is 4.92 Å². The molecule has 0 heterocycles. The maximum atomic E-state index is 12.3. The van der Waals surface area contributed by atoms with Crippen LogP contribution in [-0.2, 0) is 17.6 Å². The van der Waals surface area contributed by atoms with Gasteiger partial charge in [0, 0.05) is 11.6 Å². The van der Waals surface area contributed by atoms with Gasteiger partial charge in [0.1, 0.15) is 0 Å². The monoisotopic (exact) mass is 310 g/mol. The van der Waals surface area contributed by atoms with Crippen molar-refractivity contribution >= 4 is 11.6 Å². The van der Waals surface area contributed by atoms with Crippen LogP contribution in [0.1, 0.15) is 35.6 Å². The van der Waals surface area contributed by atoms with E-state index in [0.29, 0.717) is 5.56 Å². The standard InChI is InChI=1S/C18H18N2O3/c21-18(12-14-7-2-4-11-17(14)20(22)23)19-16-10-5-8-13-6-1-3-9-15(13)16/h1-4,6-7,9,11,16H,5,8,10,12H2,(H,19,21). The molecule has 5 heteroatoms. The molecular formula is C18H18N2O3. The van der Waals surface area contributed by atoms with Gasteiger partial charge in [0.15, 0.2) is 0 Å². The van der Waals surface area contributed by atoms with Gasteiger partial charge in [0.25, 0.3) is 5.69 Å². The van der Waals surface area contributed by atoms with Crippen molar-refractivity contribution in [2.45, 2.75) is 31.7 Å². The average molecular weight is 310 g/mol. The fourth-order valence-electron chi connectivity index (χ4n) is 3.16. The summed E-state index contributed by atoms with van der Waals surface area (Å²) in [5.74, 6) is -0.180. The number of carbonyl (C=O) groups is 1. The molecule has 0 aromatic heterocycles. The minimum Gasteiger partial charge on any atom is -0.349 e. The summed E-state index contributed by atoms with van der Waals surface area (Å²) in [6.45, 7) is 0. The normalized spacial score (nSPS) is 16.4. The van der Waals surface area contributed by atoms with E-state index in [-0.39, 0.29) is 24.1 Å². The summed E-state index contributed by atoms with van der Waals surface area (Å²) in [6.07, 6.45) is 3.00. The number of nitro groups is 1. The first-order valence-corrected chi connectivity index (χ1v) is 7.74. The maximum absolute atomic E-state index is 12.3. The third-order valence-corrected chi connectivity index (χ3v) is 4.24. The highest BCUT2D eigenvalue weighted by Gasteiger charge is 2.22. The number of fused-ring (bicyclic) bond motifs is 1. The molecule has 1 amide bonds. The molecule has 3 rings (SSSR count). The summed E-state index contributed by atoms with van der Waals surface area (Å²) in [6, 6.07) is 14.5. The van der Waals surface area contributed by atoms with Crippen molar-refractivity contribution in [1.82, 2.24) is 5.32 Å². The zero-order valence-electron chi connectivity index (χ0n) is 12.7. The molecule has 2 aromatic carbocycles. The van der Waals surface area contributed by atoms with Crippen LogP contribution in [0.4, 0.5) is 5.69 Å². The fourth-order valence-corrected chi connectivity index (χ4v) is 3.16. The number of hydrogen-bond acceptors (Lipinski definition) is 3. The molecule has 23 heavy (non-hydrogen) atoms. The molecular weight excluding hydrogens is 292 g/mol. The first kappa shape index (κ1) is 15.2. The Morgan fingerprint density at radius 3 is 2.74 bits per heavy atom. The second-order valence-electron chi connectivity index (χ2n) is 5.77. The van der Waals surface area contributed by atoms with Crippen LogP contribution < -0.4 is 5.32 Å². The molecule has 1 atom stereocenters. The predicted molar refractivity (Wildman–Crippen MR) is 87.1 cm³/mol. The van der Waals surface area contributed by atoms with Crippen LogP contribution >= 0.6 is 0 Å². The van der Waals surface area contributed by atoms with Crippen LogP contribution in [0.25, 0.3) is 0 Å². The summed E-state index contributed by atoms with van der Waals surface area (Å²) in [4.78, 5) is 22.9. The highest BCUT2D eigenvalue weighted by molar-refractivity contribution is 5.80. The summed E-state index contributed by atoms with van der Waals surface area (Å²) < 4.78 is 0. The van der Waals surface area contributed by atoms with Crippen LogP contribution in [0.5, 0.6) is 0 Å². The lowest BCUT2D eigenvalue weighted by Crippen LogP contribution is -2.32. The Morgan fingerprint density at radius 1 is 1.17 bits per heavy atom. The lowest BCUT2D eigenvalue weighted by atomic mass is 9.87. The molecule has 0 radical (unpaired) electrons. The number of amides is 1. The largest absolute Gasteiger partial charge is 0.349 e. The Hall–Kier alpha value is -2.69. The second kappa shape index (κ2) is 6.60. The molecule has 0 bridgehead atoms. The molecule has 0 saturated carbocycles. The van der Waals surface area contributed by atoms with Gasteiger partial charge in [-0.1, -0.05) is 42.5 Å². The van der Waals surface area contributed by atoms with Gasteiger partial charge in [-0.15, -0.1) is 0 Å². The van der Waals surface area contributed by atoms with E-state index in [1.54, 1.807) is 18.2 Å². The Labute approximate surface area is 134 Å². The van der Waals surface area contributed by atoms with E-state index >= 15 is 0 Å². The quantitative estimate of drug-likeness (QED) is 0.695. The minimum absolute atomic E-state index is 0.00443. The maximum Gasteiger partial charge on any atom is 0.273 e. The van der Waals surface area contributed by atoms with Crippen LogP contribution in [-0.4, -0.2) is 10.8 Å². The molecule has 0 spiro atoms. The number of benzene rings is 2. The Kier molecular flexibility index (Phi) is 4.37. The molecule has 5 nitrogen and oxygen atoms in total. The van der Waals surface area contributed by atoms with E-state index in [4.69, 9.17) is 0 Å². The first-order valence-electron chi connectivity index (χ1n) is 7.74. The van der Waals surface area contributed by atoms with Crippen LogP contribution in [0.3, 0.4) is 0 Å². The van der Waals surface area contributed by atoms with E-state index in [1.165, 1.54) is 11.6 Å². The van der Waals surface area contributed by atoms with Gasteiger partial charge < -0.3 is 5.32 Å². The van der Waals surface area contributed by atoms with Gasteiger partial charge in [-0.3, -0.25) is 14.9 Å². The van der Waals surface area contributed by atoms with E-state index in [1.807, 2.05) is 18.2 Å². The van der Waals surface area contributed by atoms with Gasteiger partial charge in [0.2, 0.25) is 5.91 Å². The molecule has 0 saturated heterocycles. The number of aryl methyl sites for hydroxylation is 1. The van der Waals surface area contributed by atoms with E-state index in [9.17, 15) is 14.9 Å². The topological polar surface area (TPSA) is 72.2 Å². The molecule has 1 aliphatic carbocycles. The number of rotatable bonds is 4. The number of nitro benzene ring substituents is 1. The second-order valence-corrected chi connectivity index (χ2v) is 5.77. The number of nitrogens with zero attached hydrogens (tertiary/aromatic N) is 1. The van der Waals surface area contributed by atoms with Crippen molar-refractivity contribution < 1.29 is 9.72 Å². The smallest absolute Gasteiger partial charge is 0.273 e. The molecule has 1 N–H and O–H groups in total. The van der Waals surface area contributed by atoms with Crippen LogP contribution in [0, 0.1) is 10.1 Å². The van der Waals surface area contributed by atoms with Crippen molar-refractivity contribution in [3.63, 3.8) is 0 Å². The zero-order valence-corrected chi connectivity index (χ0v) is 12.7. The molecule has 2 aromatic rings. The van der Waals surface area contributed by atoms with Crippen molar-refractivity contribution in [2.75, 3.05) is 0 Å². The SMILES string of the molecule is O=C(Cc1ccccc1[N+](=O)[O-])NC1CCCc2ccccc21. The van der Waals surface area contributed by atoms with Gasteiger partial charge in [-0.05, 0) is 30.4 Å². The van der Waals surface area contributed by atoms with Gasteiger partial charge >= 0.3 is 0 Å². The summed E-state index contributed by atoms with van der Waals surface area (Å²) >= 11 is 0. The van der Waals surface area contributed by atoms with Crippen LogP contribution in [0.2, 0.25) is 0 Å². The van der Waals surface area contributed by atoms with Crippen molar-refractivity contribution in [3.05, 3.63) is 75.3 Å². The van der Waals surface area contributed by atoms with Gasteiger partial charge in [-0.2, -0.15) is 0 Å². The summed E-state index contributed by atoms with van der Waals surface area (Å²) in [5, 5.41) is 14.1. The summed E-state index contributed by atoms with van der Waals surface area (Å²) in [7, 11) is 0. The Bertz CT molecular complexity index is 743. The molecule has 1 aliphatic rings. The Morgan fingerprint density at radius 2 is 1.91 bits per heavy atom. The molecule has 118 valence electrons. The lowest BCUT2D eigenvalue weighted by Gasteiger charge is -2.26. The minimum atomic E-state index is -0.446. The fraction of sp³-hybridized carbons (Fsp3) is 0.278. The van der Waals surface area contributed by atoms with Crippen molar-refractivity contribution in [1.29, 1.82) is 0 Å². The van der Waals surface area contributed by atoms with Crippen molar-refractivity contribution in [2.24, 2.45) is 0 Å². The number of carbonyl (C=O) groups excluding carboxylic acids is 1.